The zero-order chi connectivity index (χ0) is 15.0. The number of hydrogen-bond donors (Lipinski definition) is 1. The number of hydrogen-bond acceptors (Lipinski definition) is 4. The fraction of sp³-hybridized carbons (Fsp3) is 0.571. The Labute approximate surface area is 130 Å². The van der Waals surface area contributed by atoms with Crippen molar-refractivity contribution < 1.29 is 8.42 Å². The quantitative estimate of drug-likeness (QED) is 0.896. The molecule has 0 spiro atoms. The van der Waals surface area contributed by atoms with Crippen molar-refractivity contribution in [3.8, 4) is 0 Å². The Bertz CT molecular complexity index is 623. The van der Waals surface area contributed by atoms with E-state index in [2.05, 4.69) is 10.2 Å². The number of nitrogens with zero attached hydrogens (tertiary/aromatic N) is 2. The van der Waals surface area contributed by atoms with Crippen molar-refractivity contribution in [2.24, 2.45) is 0 Å². The number of piperazine rings is 1. The predicted molar refractivity (Wildman–Crippen MR) is 83.2 cm³/mol. The van der Waals surface area contributed by atoms with Gasteiger partial charge in [-0.2, -0.15) is 4.31 Å². The lowest BCUT2D eigenvalue weighted by Crippen LogP contribution is -2.62. The van der Waals surface area contributed by atoms with Gasteiger partial charge in [-0.15, -0.1) is 0 Å². The topological polar surface area (TPSA) is 52.7 Å². The molecule has 21 heavy (non-hydrogen) atoms. The maximum Gasteiger partial charge on any atom is 0.243 e. The molecule has 2 heterocycles. The minimum atomic E-state index is -3.45. The van der Waals surface area contributed by atoms with Crippen LogP contribution in [0.3, 0.4) is 0 Å². The van der Waals surface area contributed by atoms with Crippen LogP contribution in [0.5, 0.6) is 0 Å². The van der Waals surface area contributed by atoms with Crippen molar-refractivity contribution in [2.45, 2.75) is 17.9 Å². The van der Waals surface area contributed by atoms with Crippen molar-refractivity contribution in [1.82, 2.24) is 14.5 Å². The molecule has 2 aliphatic rings. The molecule has 0 bridgehead atoms. The molecule has 0 aromatic heterocycles. The second kappa shape index (κ2) is 5.85. The van der Waals surface area contributed by atoms with E-state index in [1.165, 1.54) is 0 Å². The molecule has 0 amide bonds. The summed E-state index contributed by atoms with van der Waals surface area (Å²) in [6.45, 7) is 6.47. The van der Waals surface area contributed by atoms with E-state index in [1.54, 1.807) is 29.4 Å². The van der Waals surface area contributed by atoms with Crippen molar-refractivity contribution in [3.63, 3.8) is 0 Å². The summed E-state index contributed by atoms with van der Waals surface area (Å²) in [6.07, 6.45) is 0. The Kier molecular flexibility index (Phi) is 4.25. The summed E-state index contributed by atoms with van der Waals surface area (Å²) in [7, 11) is -3.45. The van der Waals surface area contributed by atoms with Crippen molar-refractivity contribution in [2.75, 3.05) is 39.3 Å². The number of benzene rings is 1. The van der Waals surface area contributed by atoms with Crippen LogP contribution in [0.1, 0.15) is 5.56 Å². The molecular weight excluding hydrogens is 310 g/mol. The standard InChI is InChI=1S/C14H20ClN3O2S/c1-11-13(15)3-2-4-14(11)21(19,20)18-7-5-17(6-8-18)12-9-16-10-12/h2-4,12,16H,5-10H2,1H3. The van der Waals surface area contributed by atoms with Gasteiger partial charge in [-0.25, -0.2) is 8.42 Å². The zero-order valence-corrected chi connectivity index (χ0v) is 13.6. The van der Waals surface area contributed by atoms with Gasteiger partial charge in [0.05, 0.1) is 4.90 Å². The van der Waals surface area contributed by atoms with E-state index in [0.29, 0.717) is 34.6 Å². The second-order valence-corrected chi connectivity index (χ2v) is 7.93. The number of rotatable bonds is 3. The van der Waals surface area contributed by atoms with Gasteiger partial charge < -0.3 is 5.32 Å². The van der Waals surface area contributed by atoms with Crippen LogP contribution >= 0.6 is 11.6 Å². The highest BCUT2D eigenvalue weighted by Crippen LogP contribution is 2.26. The Hall–Kier alpha value is -0.660. The van der Waals surface area contributed by atoms with Gasteiger partial charge >= 0.3 is 0 Å². The molecular formula is C14H20ClN3O2S. The summed E-state index contributed by atoms with van der Waals surface area (Å²) in [5.41, 5.74) is 0.629. The summed E-state index contributed by atoms with van der Waals surface area (Å²) >= 11 is 6.05. The molecule has 0 aliphatic carbocycles. The predicted octanol–water partition coefficient (Wildman–Crippen LogP) is 0.927. The molecule has 1 aromatic carbocycles. The number of nitrogens with one attached hydrogen (secondary N) is 1. The fourth-order valence-corrected chi connectivity index (χ4v) is 4.75. The molecule has 5 nitrogen and oxygen atoms in total. The summed E-state index contributed by atoms with van der Waals surface area (Å²) in [6, 6.07) is 5.62. The molecule has 7 heteroatoms. The van der Waals surface area contributed by atoms with Gasteiger partial charge in [-0.3, -0.25) is 4.90 Å². The third kappa shape index (κ3) is 2.83. The highest BCUT2D eigenvalue weighted by Gasteiger charge is 2.33. The molecule has 0 radical (unpaired) electrons. The van der Waals surface area contributed by atoms with Gasteiger partial charge in [0.1, 0.15) is 0 Å². The van der Waals surface area contributed by atoms with Gasteiger partial charge in [-0.05, 0) is 24.6 Å². The molecule has 1 aromatic rings. The first kappa shape index (κ1) is 15.2. The number of sulfonamides is 1. The fourth-order valence-electron chi connectivity index (χ4n) is 2.85. The van der Waals surface area contributed by atoms with E-state index in [9.17, 15) is 8.42 Å². The minimum Gasteiger partial charge on any atom is -0.314 e. The van der Waals surface area contributed by atoms with E-state index in [0.717, 1.165) is 26.2 Å². The van der Waals surface area contributed by atoms with Crippen molar-refractivity contribution in [1.29, 1.82) is 0 Å². The normalized spacial score (nSPS) is 22.2. The summed E-state index contributed by atoms with van der Waals surface area (Å²) in [4.78, 5) is 2.70. The van der Waals surface area contributed by atoms with Crippen LogP contribution in [-0.2, 0) is 10.0 Å². The van der Waals surface area contributed by atoms with E-state index in [1.807, 2.05) is 0 Å². The van der Waals surface area contributed by atoms with Crippen LogP contribution in [-0.4, -0.2) is 62.9 Å². The van der Waals surface area contributed by atoms with Crippen LogP contribution in [0, 0.1) is 6.92 Å². The van der Waals surface area contributed by atoms with E-state index < -0.39 is 10.0 Å². The monoisotopic (exact) mass is 329 g/mol. The molecule has 0 unspecified atom stereocenters. The van der Waals surface area contributed by atoms with Crippen LogP contribution < -0.4 is 5.32 Å². The minimum absolute atomic E-state index is 0.328. The van der Waals surface area contributed by atoms with Gasteiger partial charge in [0.2, 0.25) is 10.0 Å². The lowest BCUT2D eigenvalue weighted by molar-refractivity contribution is 0.103. The van der Waals surface area contributed by atoms with Gasteiger partial charge in [0, 0.05) is 50.3 Å². The number of halogens is 1. The van der Waals surface area contributed by atoms with E-state index in [4.69, 9.17) is 11.6 Å². The Morgan fingerprint density at radius 1 is 1.19 bits per heavy atom. The van der Waals surface area contributed by atoms with Gasteiger partial charge in [-0.1, -0.05) is 17.7 Å². The largest absolute Gasteiger partial charge is 0.314 e. The molecule has 2 saturated heterocycles. The van der Waals surface area contributed by atoms with Crippen molar-refractivity contribution in [3.05, 3.63) is 28.8 Å². The third-order valence-electron chi connectivity index (χ3n) is 4.39. The summed E-state index contributed by atoms with van der Waals surface area (Å²) in [5, 5.41) is 3.75. The Morgan fingerprint density at radius 3 is 2.43 bits per heavy atom. The second-order valence-electron chi connectivity index (χ2n) is 5.62. The summed E-state index contributed by atoms with van der Waals surface area (Å²) in [5.74, 6) is 0. The van der Waals surface area contributed by atoms with E-state index in [-0.39, 0.29) is 0 Å². The zero-order valence-electron chi connectivity index (χ0n) is 12.0. The van der Waals surface area contributed by atoms with Crippen LogP contribution in [0.2, 0.25) is 5.02 Å². The summed E-state index contributed by atoms with van der Waals surface area (Å²) < 4.78 is 27.1. The first-order chi connectivity index (χ1) is 10.00. The SMILES string of the molecule is Cc1c(Cl)cccc1S(=O)(=O)N1CCN(C2CNC2)CC1. The van der Waals surface area contributed by atoms with Gasteiger partial charge in [0.15, 0.2) is 0 Å². The van der Waals surface area contributed by atoms with Crippen LogP contribution in [0.4, 0.5) is 0 Å². The molecule has 1 N–H and O–H groups in total. The maximum atomic E-state index is 12.8. The first-order valence-corrected chi connectivity index (χ1v) is 9.02. The Balaban J connectivity index is 1.75. The van der Waals surface area contributed by atoms with Crippen molar-refractivity contribution >= 4 is 21.6 Å². The molecule has 2 fully saturated rings. The molecule has 116 valence electrons. The van der Waals surface area contributed by atoms with Gasteiger partial charge in [0.25, 0.3) is 0 Å². The highest BCUT2D eigenvalue weighted by atomic mass is 35.5. The highest BCUT2D eigenvalue weighted by molar-refractivity contribution is 7.89. The molecule has 3 rings (SSSR count). The average molecular weight is 330 g/mol. The lowest BCUT2D eigenvalue weighted by atomic mass is 10.1. The van der Waals surface area contributed by atoms with E-state index >= 15 is 0 Å². The molecule has 2 aliphatic heterocycles. The van der Waals surface area contributed by atoms with Crippen LogP contribution in [0.25, 0.3) is 0 Å². The Morgan fingerprint density at radius 2 is 1.86 bits per heavy atom. The van der Waals surface area contributed by atoms with Crippen LogP contribution in [0.15, 0.2) is 23.1 Å². The third-order valence-corrected chi connectivity index (χ3v) is 6.84. The average Bonchev–Trinajstić information content (AvgIpc) is 2.40. The molecule has 0 atom stereocenters. The lowest BCUT2D eigenvalue weighted by Gasteiger charge is -2.42. The smallest absolute Gasteiger partial charge is 0.243 e. The molecule has 0 saturated carbocycles. The first-order valence-electron chi connectivity index (χ1n) is 7.20. The maximum absolute atomic E-state index is 12.8.